The molecule has 0 bridgehead atoms. The van der Waals surface area contributed by atoms with Gasteiger partial charge in [0.2, 0.25) is 0 Å². The highest BCUT2D eigenvalue weighted by Gasteiger charge is 2.26. The molecule has 1 N–H and O–H groups in total. The van der Waals surface area contributed by atoms with Gasteiger partial charge >= 0.3 is 0 Å². The highest BCUT2D eigenvalue weighted by Crippen LogP contribution is 2.20. The first kappa shape index (κ1) is 17.5. The van der Waals surface area contributed by atoms with Crippen LogP contribution in [0.2, 0.25) is 0 Å². The summed E-state index contributed by atoms with van der Waals surface area (Å²) in [5, 5.41) is 2.88. The van der Waals surface area contributed by atoms with Crippen molar-refractivity contribution in [2.24, 2.45) is 0 Å². The minimum Gasteiger partial charge on any atom is -0.368 e. The summed E-state index contributed by atoms with van der Waals surface area (Å²) >= 11 is 0. The van der Waals surface area contributed by atoms with E-state index in [2.05, 4.69) is 15.2 Å². The number of nitrogens with one attached hydrogen (secondary N) is 1. The Hall–Kier alpha value is -2.96. The first-order valence-corrected chi connectivity index (χ1v) is 9.17. The van der Waals surface area contributed by atoms with E-state index >= 15 is 0 Å². The lowest BCUT2D eigenvalue weighted by Crippen LogP contribution is -2.48. The molecule has 2 aliphatic rings. The van der Waals surface area contributed by atoms with Crippen LogP contribution >= 0.6 is 0 Å². The van der Waals surface area contributed by atoms with E-state index in [1.165, 1.54) is 18.3 Å². The second-order valence-electron chi connectivity index (χ2n) is 6.93. The lowest BCUT2D eigenvalue weighted by atomic mass is 10.1. The average Bonchev–Trinajstić information content (AvgIpc) is 3.52. The number of nitrogens with zero attached hydrogens (tertiary/aromatic N) is 3. The lowest BCUT2D eigenvalue weighted by molar-refractivity contribution is 0.0746. The molecule has 0 spiro atoms. The van der Waals surface area contributed by atoms with Crippen molar-refractivity contribution >= 4 is 17.5 Å². The maximum absolute atomic E-state index is 13.1. The van der Waals surface area contributed by atoms with E-state index in [-0.39, 0.29) is 29.4 Å². The summed E-state index contributed by atoms with van der Waals surface area (Å²) in [6, 6.07) is 9.84. The summed E-state index contributed by atoms with van der Waals surface area (Å²) in [7, 11) is 0. The standard InChI is InChI=1S/C20H21FN4O2/c21-15-1-5-17(6-2-15)24-9-11-25(12-10-24)20(27)14-7-8-22-18(13-14)19(26)23-16-3-4-16/h1-2,5-8,13,16H,3-4,9-12H2,(H,23,26). The summed E-state index contributed by atoms with van der Waals surface area (Å²) in [6.07, 6.45) is 3.51. The zero-order chi connectivity index (χ0) is 18.8. The minimum atomic E-state index is -0.258. The molecule has 1 saturated heterocycles. The highest BCUT2D eigenvalue weighted by molar-refractivity contribution is 5.98. The van der Waals surface area contributed by atoms with Crippen LogP contribution in [-0.2, 0) is 0 Å². The normalized spacial score (nSPS) is 16.9. The van der Waals surface area contributed by atoms with E-state index in [1.807, 2.05) is 0 Å². The third-order valence-electron chi connectivity index (χ3n) is 4.91. The molecule has 140 valence electrons. The van der Waals surface area contributed by atoms with Crippen LogP contribution in [0.25, 0.3) is 0 Å². The van der Waals surface area contributed by atoms with Gasteiger partial charge in [0.15, 0.2) is 0 Å². The Morgan fingerprint density at radius 2 is 1.74 bits per heavy atom. The van der Waals surface area contributed by atoms with Crippen LogP contribution in [0.4, 0.5) is 10.1 Å². The summed E-state index contributed by atoms with van der Waals surface area (Å²) in [6.45, 7) is 2.50. The molecule has 7 heteroatoms. The van der Waals surface area contributed by atoms with Gasteiger partial charge in [-0.15, -0.1) is 0 Å². The maximum atomic E-state index is 13.1. The molecule has 1 aromatic carbocycles. The monoisotopic (exact) mass is 368 g/mol. The fraction of sp³-hybridized carbons (Fsp3) is 0.350. The molecule has 1 aromatic heterocycles. The number of benzene rings is 1. The Morgan fingerprint density at radius 1 is 1.04 bits per heavy atom. The second kappa shape index (κ2) is 7.34. The van der Waals surface area contributed by atoms with Crippen molar-refractivity contribution < 1.29 is 14.0 Å². The third-order valence-corrected chi connectivity index (χ3v) is 4.91. The van der Waals surface area contributed by atoms with Gasteiger partial charge in [-0.25, -0.2) is 4.39 Å². The SMILES string of the molecule is O=C(NC1CC1)c1cc(C(=O)N2CCN(c3ccc(F)cc3)CC2)ccn1. The van der Waals surface area contributed by atoms with Crippen molar-refractivity contribution in [2.75, 3.05) is 31.1 Å². The minimum absolute atomic E-state index is 0.100. The third kappa shape index (κ3) is 4.07. The molecule has 1 aliphatic heterocycles. The van der Waals surface area contributed by atoms with E-state index in [0.29, 0.717) is 31.7 Å². The number of pyridine rings is 1. The molecule has 0 unspecified atom stereocenters. The van der Waals surface area contributed by atoms with E-state index < -0.39 is 0 Å². The molecule has 6 nitrogen and oxygen atoms in total. The Balaban J connectivity index is 1.39. The van der Waals surface area contributed by atoms with Crippen LogP contribution < -0.4 is 10.2 Å². The Kier molecular flexibility index (Phi) is 4.75. The fourth-order valence-corrected chi connectivity index (χ4v) is 3.18. The molecule has 2 fully saturated rings. The van der Waals surface area contributed by atoms with Gasteiger partial charge in [-0.3, -0.25) is 14.6 Å². The molecule has 0 radical (unpaired) electrons. The molecule has 27 heavy (non-hydrogen) atoms. The van der Waals surface area contributed by atoms with Gasteiger partial charge in [-0.2, -0.15) is 0 Å². The summed E-state index contributed by atoms with van der Waals surface area (Å²) < 4.78 is 13.1. The number of hydrogen-bond acceptors (Lipinski definition) is 4. The molecule has 2 amide bonds. The number of rotatable bonds is 4. The molecule has 2 heterocycles. The predicted molar refractivity (Wildman–Crippen MR) is 99.2 cm³/mol. The molecule has 1 saturated carbocycles. The number of aromatic nitrogens is 1. The fourth-order valence-electron chi connectivity index (χ4n) is 3.18. The number of hydrogen-bond donors (Lipinski definition) is 1. The van der Waals surface area contributed by atoms with Crippen LogP contribution in [-0.4, -0.2) is 53.9 Å². The van der Waals surface area contributed by atoms with Crippen LogP contribution in [0.3, 0.4) is 0 Å². The molecule has 2 aromatic rings. The van der Waals surface area contributed by atoms with Gasteiger partial charge in [0, 0.05) is 49.7 Å². The number of amides is 2. The summed E-state index contributed by atoms with van der Waals surface area (Å²) in [4.78, 5) is 32.9. The van der Waals surface area contributed by atoms with Crippen molar-refractivity contribution in [1.29, 1.82) is 0 Å². The largest absolute Gasteiger partial charge is 0.368 e. The molecule has 0 atom stereocenters. The quantitative estimate of drug-likeness (QED) is 0.897. The smallest absolute Gasteiger partial charge is 0.270 e. The molecule has 1 aliphatic carbocycles. The Bertz CT molecular complexity index is 843. The first-order chi connectivity index (χ1) is 13.1. The molecule has 4 rings (SSSR count). The number of halogens is 1. The first-order valence-electron chi connectivity index (χ1n) is 9.17. The van der Waals surface area contributed by atoms with Crippen molar-refractivity contribution in [3.05, 3.63) is 59.7 Å². The van der Waals surface area contributed by atoms with Crippen LogP contribution in [0.15, 0.2) is 42.6 Å². The number of carbonyl (C=O) groups excluding carboxylic acids is 2. The second-order valence-corrected chi connectivity index (χ2v) is 6.93. The van der Waals surface area contributed by atoms with Crippen molar-refractivity contribution in [3.63, 3.8) is 0 Å². The zero-order valence-corrected chi connectivity index (χ0v) is 14.9. The predicted octanol–water partition coefficient (Wildman–Crippen LogP) is 2.08. The van der Waals surface area contributed by atoms with Crippen LogP contribution in [0.1, 0.15) is 33.7 Å². The maximum Gasteiger partial charge on any atom is 0.270 e. The average molecular weight is 368 g/mol. The lowest BCUT2D eigenvalue weighted by Gasteiger charge is -2.36. The topological polar surface area (TPSA) is 65.5 Å². The van der Waals surface area contributed by atoms with Crippen molar-refractivity contribution in [1.82, 2.24) is 15.2 Å². The van der Waals surface area contributed by atoms with Gasteiger partial charge < -0.3 is 15.1 Å². The van der Waals surface area contributed by atoms with Gasteiger partial charge in [0.25, 0.3) is 11.8 Å². The molecular weight excluding hydrogens is 347 g/mol. The Labute approximate surface area is 157 Å². The summed E-state index contributed by atoms with van der Waals surface area (Å²) in [5.41, 5.74) is 1.70. The van der Waals surface area contributed by atoms with Gasteiger partial charge in [0.05, 0.1) is 0 Å². The number of anilines is 1. The summed E-state index contributed by atoms with van der Waals surface area (Å²) in [5.74, 6) is -0.586. The van der Waals surface area contributed by atoms with E-state index in [0.717, 1.165) is 18.5 Å². The van der Waals surface area contributed by atoms with Crippen molar-refractivity contribution in [3.8, 4) is 0 Å². The van der Waals surface area contributed by atoms with E-state index in [1.54, 1.807) is 29.2 Å². The van der Waals surface area contributed by atoms with E-state index in [9.17, 15) is 14.0 Å². The number of piperazine rings is 1. The van der Waals surface area contributed by atoms with Gasteiger partial charge in [-0.05, 0) is 49.2 Å². The molecular formula is C20H21FN4O2. The Morgan fingerprint density at radius 3 is 2.41 bits per heavy atom. The van der Waals surface area contributed by atoms with E-state index in [4.69, 9.17) is 0 Å². The number of carbonyl (C=O) groups is 2. The highest BCUT2D eigenvalue weighted by atomic mass is 19.1. The van der Waals surface area contributed by atoms with Crippen molar-refractivity contribution in [2.45, 2.75) is 18.9 Å². The van der Waals surface area contributed by atoms with Gasteiger partial charge in [-0.1, -0.05) is 0 Å². The zero-order valence-electron chi connectivity index (χ0n) is 14.9. The van der Waals surface area contributed by atoms with Gasteiger partial charge in [0.1, 0.15) is 11.5 Å². The van der Waals surface area contributed by atoms with Crippen LogP contribution in [0.5, 0.6) is 0 Å². The van der Waals surface area contributed by atoms with Crippen LogP contribution in [0, 0.1) is 5.82 Å².